The smallest absolute Gasteiger partial charge is 0.225 e. The monoisotopic (exact) mass is 144 g/mol. The van der Waals surface area contributed by atoms with Crippen LogP contribution in [-0.2, 0) is 4.79 Å². The molecule has 0 aromatic carbocycles. The number of rotatable bonds is 1. The Kier molecular flexibility index (Phi) is 2.01. The van der Waals surface area contributed by atoms with Crippen LogP contribution in [0.4, 0.5) is 4.39 Å². The molecule has 0 fully saturated rings. The lowest BCUT2D eigenvalue weighted by atomic mass is 10.1. The number of carbonyl (C=O) groups excluding carboxylic acids is 1. The van der Waals surface area contributed by atoms with Gasteiger partial charge in [-0.1, -0.05) is 0 Å². The molecule has 56 valence electrons. The Balaban J connectivity index is 2.62. The van der Waals surface area contributed by atoms with Gasteiger partial charge < -0.3 is 11.1 Å². The number of nitrogens with one attached hydrogen (secondary N) is 1. The largest absolute Gasteiger partial charge is 0.369 e. The van der Waals surface area contributed by atoms with Crippen LogP contribution in [0.15, 0.2) is 11.9 Å². The molecule has 0 bridgehead atoms. The van der Waals surface area contributed by atoms with E-state index in [2.05, 4.69) is 5.32 Å². The van der Waals surface area contributed by atoms with Gasteiger partial charge in [-0.05, 0) is 6.08 Å². The molecule has 4 heteroatoms. The van der Waals surface area contributed by atoms with E-state index < -0.39 is 11.8 Å². The summed E-state index contributed by atoms with van der Waals surface area (Å²) in [7, 11) is 0. The molecule has 1 aliphatic heterocycles. The molecule has 1 atom stereocenters. The zero-order valence-corrected chi connectivity index (χ0v) is 5.43. The van der Waals surface area contributed by atoms with Crippen molar-refractivity contribution in [3.05, 3.63) is 11.9 Å². The molecule has 0 spiro atoms. The van der Waals surface area contributed by atoms with Crippen molar-refractivity contribution in [2.24, 2.45) is 11.7 Å². The van der Waals surface area contributed by atoms with Crippen molar-refractivity contribution in [2.45, 2.75) is 0 Å². The number of carbonyl (C=O) groups is 1. The predicted octanol–water partition coefficient (Wildman–Crippen LogP) is -0.456. The SMILES string of the molecule is NC(=O)C1C=C(F)CNC1. The number of hydrogen-bond acceptors (Lipinski definition) is 2. The maximum atomic E-state index is 12.4. The van der Waals surface area contributed by atoms with Crippen molar-refractivity contribution in [3.8, 4) is 0 Å². The highest BCUT2D eigenvalue weighted by atomic mass is 19.1. The van der Waals surface area contributed by atoms with Crippen molar-refractivity contribution in [1.82, 2.24) is 5.32 Å². The molecule has 1 amide bonds. The molecule has 3 nitrogen and oxygen atoms in total. The molecule has 3 N–H and O–H groups in total. The van der Waals surface area contributed by atoms with E-state index in [4.69, 9.17) is 5.73 Å². The average molecular weight is 144 g/mol. The predicted molar refractivity (Wildman–Crippen MR) is 34.7 cm³/mol. The molecule has 0 aromatic heterocycles. The highest BCUT2D eigenvalue weighted by Crippen LogP contribution is 2.07. The van der Waals surface area contributed by atoms with Gasteiger partial charge in [0.15, 0.2) is 0 Å². The lowest BCUT2D eigenvalue weighted by molar-refractivity contribution is -0.120. The summed E-state index contributed by atoms with van der Waals surface area (Å²) in [5, 5.41) is 2.72. The Morgan fingerprint density at radius 3 is 3.00 bits per heavy atom. The van der Waals surface area contributed by atoms with Crippen molar-refractivity contribution in [3.63, 3.8) is 0 Å². The van der Waals surface area contributed by atoms with Crippen LogP contribution >= 0.6 is 0 Å². The zero-order valence-electron chi connectivity index (χ0n) is 5.43. The molecule has 10 heavy (non-hydrogen) atoms. The second kappa shape index (κ2) is 2.79. The van der Waals surface area contributed by atoms with Crippen molar-refractivity contribution < 1.29 is 9.18 Å². The van der Waals surface area contributed by atoms with Crippen LogP contribution < -0.4 is 11.1 Å². The van der Waals surface area contributed by atoms with Crippen LogP contribution in [0, 0.1) is 5.92 Å². The Hall–Kier alpha value is -0.900. The Labute approximate surface area is 58.1 Å². The minimum absolute atomic E-state index is 0.212. The van der Waals surface area contributed by atoms with Gasteiger partial charge in [-0.2, -0.15) is 0 Å². The minimum atomic E-state index is -0.484. The Bertz CT molecular complexity index is 179. The van der Waals surface area contributed by atoms with Crippen molar-refractivity contribution >= 4 is 5.91 Å². The number of hydrogen-bond donors (Lipinski definition) is 2. The third-order valence-corrected chi connectivity index (χ3v) is 1.41. The highest BCUT2D eigenvalue weighted by Gasteiger charge is 2.17. The lowest BCUT2D eigenvalue weighted by Gasteiger charge is -2.14. The zero-order chi connectivity index (χ0) is 7.56. The van der Waals surface area contributed by atoms with E-state index in [9.17, 15) is 9.18 Å². The summed E-state index contributed by atoms with van der Waals surface area (Å²) < 4.78 is 12.4. The molecule has 0 saturated heterocycles. The Morgan fingerprint density at radius 1 is 1.90 bits per heavy atom. The third-order valence-electron chi connectivity index (χ3n) is 1.41. The third kappa shape index (κ3) is 1.54. The van der Waals surface area contributed by atoms with Gasteiger partial charge in [-0.25, -0.2) is 4.39 Å². The first-order chi connectivity index (χ1) is 4.70. The van der Waals surface area contributed by atoms with Crippen LogP contribution in [0.5, 0.6) is 0 Å². The molecule has 1 unspecified atom stereocenters. The molecule has 1 aliphatic rings. The molecule has 0 saturated carbocycles. The van der Waals surface area contributed by atoms with E-state index >= 15 is 0 Å². The summed E-state index contributed by atoms with van der Waals surface area (Å²) in [5.74, 6) is -1.27. The van der Waals surface area contributed by atoms with Gasteiger partial charge >= 0.3 is 0 Å². The van der Waals surface area contributed by atoms with Gasteiger partial charge in [0, 0.05) is 13.1 Å². The molecular weight excluding hydrogens is 135 g/mol. The van der Waals surface area contributed by atoms with Crippen LogP contribution in [0.2, 0.25) is 0 Å². The molecule has 1 heterocycles. The fraction of sp³-hybridized carbons (Fsp3) is 0.500. The van der Waals surface area contributed by atoms with Gasteiger partial charge in [0.25, 0.3) is 0 Å². The molecule has 1 rings (SSSR count). The van der Waals surface area contributed by atoms with Crippen molar-refractivity contribution in [1.29, 1.82) is 0 Å². The Morgan fingerprint density at radius 2 is 2.60 bits per heavy atom. The average Bonchev–Trinajstić information content (AvgIpc) is 1.88. The summed E-state index contributed by atoms with van der Waals surface area (Å²) in [6, 6.07) is 0. The quantitative estimate of drug-likeness (QED) is 0.523. The first-order valence-electron chi connectivity index (χ1n) is 3.06. The van der Waals surface area contributed by atoms with Crippen LogP contribution in [0.25, 0.3) is 0 Å². The van der Waals surface area contributed by atoms with E-state index in [1.54, 1.807) is 0 Å². The maximum absolute atomic E-state index is 12.4. The lowest BCUT2D eigenvalue weighted by Crippen LogP contribution is -2.35. The minimum Gasteiger partial charge on any atom is -0.369 e. The maximum Gasteiger partial charge on any atom is 0.225 e. The fourth-order valence-corrected chi connectivity index (χ4v) is 0.866. The van der Waals surface area contributed by atoms with Crippen LogP contribution in [-0.4, -0.2) is 19.0 Å². The van der Waals surface area contributed by atoms with Crippen molar-refractivity contribution in [2.75, 3.05) is 13.1 Å². The first kappa shape index (κ1) is 7.21. The van der Waals surface area contributed by atoms with Gasteiger partial charge in [0.05, 0.1) is 5.92 Å². The fourth-order valence-electron chi connectivity index (χ4n) is 0.866. The summed E-state index contributed by atoms with van der Waals surface area (Å²) in [6.45, 7) is 0.659. The number of primary amides is 1. The molecular formula is C6H9FN2O. The van der Waals surface area contributed by atoms with Crippen LogP contribution in [0.1, 0.15) is 0 Å². The van der Waals surface area contributed by atoms with E-state index in [0.717, 1.165) is 0 Å². The summed E-state index contributed by atoms with van der Waals surface area (Å²) in [4.78, 5) is 10.5. The first-order valence-corrected chi connectivity index (χ1v) is 3.06. The summed E-state index contributed by atoms with van der Waals surface area (Å²) in [5.41, 5.74) is 4.94. The molecule has 0 aliphatic carbocycles. The topological polar surface area (TPSA) is 55.1 Å². The van der Waals surface area contributed by atoms with Gasteiger partial charge in [0.1, 0.15) is 5.83 Å². The van der Waals surface area contributed by atoms with Gasteiger partial charge in [0.2, 0.25) is 5.91 Å². The summed E-state index contributed by atoms with van der Waals surface area (Å²) >= 11 is 0. The normalized spacial score (nSPS) is 25.7. The highest BCUT2D eigenvalue weighted by molar-refractivity contribution is 5.79. The summed E-state index contributed by atoms with van der Waals surface area (Å²) in [6.07, 6.45) is 1.26. The number of amides is 1. The number of halogens is 1. The van der Waals surface area contributed by atoms with Gasteiger partial charge in [-0.15, -0.1) is 0 Å². The standard InChI is InChI=1S/C6H9FN2O/c7-5-1-4(6(8)10)2-9-3-5/h1,4,9H,2-3H2,(H2,8,10). The van der Waals surface area contributed by atoms with Gasteiger partial charge in [-0.3, -0.25) is 4.79 Å². The second-order valence-electron chi connectivity index (χ2n) is 2.25. The van der Waals surface area contributed by atoms with E-state index in [0.29, 0.717) is 6.54 Å². The van der Waals surface area contributed by atoms with E-state index in [1.165, 1.54) is 6.08 Å². The van der Waals surface area contributed by atoms with E-state index in [1.807, 2.05) is 0 Å². The molecule has 0 radical (unpaired) electrons. The van der Waals surface area contributed by atoms with Crippen LogP contribution in [0.3, 0.4) is 0 Å². The molecule has 0 aromatic rings. The second-order valence-corrected chi connectivity index (χ2v) is 2.25. The van der Waals surface area contributed by atoms with E-state index in [-0.39, 0.29) is 12.4 Å². The number of nitrogens with two attached hydrogens (primary N) is 1.